The summed E-state index contributed by atoms with van der Waals surface area (Å²) >= 11 is 1.21. The van der Waals surface area contributed by atoms with Crippen molar-refractivity contribution in [3.8, 4) is 5.88 Å². The summed E-state index contributed by atoms with van der Waals surface area (Å²) in [6, 6.07) is 0. The number of anilines is 1. The molecular formula is C15H20N6O4S. The minimum atomic E-state index is -0.399. The maximum atomic E-state index is 12.4. The van der Waals surface area contributed by atoms with Gasteiger partial charge in [-0.2, -0.15) is 0 Å². The van der Waals surface area contributed by atoms with E-state index in [0.29, 0.717) is 10.8 Å². The predicted molar refractivity (Wildman–Crippen MR) is 95.2 cm³/mol. The lowest BCUT2D eigenvalue weighted by molar-refractivity contribution is -0.120. The Balaban J connectivity index is 1.94. The van der Waals surface area contributed by atoms with E-state index in [1.807, 2.05) is 0 Å². The molecule has 0 unspecified atom stereocenters. The quantitative estimate of drug-likeness (QED) is 0.692. The molecule has 2 rings (SSSR count). The van der Waals surface area contributed by atoms with Gasteiger partial charge in [-0.25, -0.2) is 4.98 Å². The van der Waals surface area contributed by atoms with Gasteiger partial charge in [0.05, 0.1) is 25.8 Å². The number of thiazole rings is 1. The number of nitrogens with zero attached hydrogens (tertiary/aromatic N) is 4. The number of hydrogen-bond donors (Lipinski definition) is 2. The van der Waals surface area contributed by atoms with Crippen LogP contribution in [0.2, 0.25) is 0 Å². The standard InChI is InChI=1S/C15H20N6O4S/c1-16-11(22)5-9-8-26-15(17-9)18-12(23)7-20(2)14(24)10-6-21(3)19-13(10)25-4/h6,8H,5,7H2,1-4H3,(H,16,22)(H,17,18,23). The van der Waals surface area contributed by atoms with Crippen LogP contribution in [-0.4, -0.2) is 65.1 Å². The number of rotatable bonds is 7. The van der Waals surface area contributed by atoms with Gasteiger partial charge in [0.2, 0.25) is 17.7 Å². The Morgan fingerprint density at radius 1 is 1.35 bits per heavy atom. The van der Waals surface area contributed by atoms with Crippen molar-refractivity contribution in [3.63, 3.8) is 0 Å². The number of nitrogens with one attached hydrogen (secondary N) is 2. The third-order valence-electron chi connectivity index (χ3n) is 3.36. The SMILES string of the molecule is CNC(=O)Cc1csc(NC(=O)CN(C)C(=O)c2cn(C)nc2OC)n1. The Bertz CT molecular complexity index is 815. The Morgan fingerprint density at radius 3 is 2.73 bits per heavy atom. The summed E-state index contributed by atoms with van der Waals surface area (Å²) in [5.74, 6) is -0.749. The van der Waals surface area contributed by atoms with Gasteiger partial charge in [-0.1, -0.05) is 0 Å². The van der Waals surface area contributed by atoms with Crippen LogP contribution < -0.4 is 15.4 Å². The third kappa shape index (κ3) is 4.79. The molecule has 0 aliphatic carbocycles. The van der Waals surface area contributed by atoms with Gasteiger partial charge < -0.3 is 20.3 Å². The fourth-order valence-corrected chi connectivity index (χ4v) is 2.84. The first kappa shape index (κ1) is 19.4. The molecule has 3 amide bonds. The number of ether oxygens (including phenoxy) is 1. The highest BCUT2D eigenvalue weighted by Gasteiger charge is 2.22. The van der Waals surface area contributed by atoms with E-state index in [4.69, 9.17) is 4.74 Å². The van der Waals surface area contributed by atoms with Crippen molar-refractivity contribution in [3.05, 3.63) is 22.8 Å². The van der Waals surface area contributed by atoms with Crippen LogP contribution in [0.3, 0.4) is 0 Å². The maximum Gasteiger partial charge on any atom is 0.261 e. The molecule has 0 saturated carbocycles. The summed E-state index contributed by atoms with van der Waals surface area (Å²) in [7, 11) is 6.14. The molecule has 11 heteroatoms. The number of likely N-dealkylation sites (N-methyl/N-ethyl adjacent to an activating group) is 2. The molecule has 0 radical (unpaired) electrons. The minimum absolute atomic E-state index is 0.141. The van der Waals surface area contributed by atoms with Crippen LogP contribution in [-0.2, 0) is 23.1 Å². The third-order valence-corrected chi connectivity index (χ3v) is 4.17. The lowest BCUT2D eigenvalue weighted by Crippen LogP contribution is -2.35. The molecule has 0 spiro atoms. The Labute approximate surface area is 154 Å². The second-order valence-corrected chi connectivity index (χ2v) is 6.29. The highest BCUT2D eigenvalue weighted by molar-refractivity contribution is 7.13. The Kier molecular flexibility index (Phi) is 6.28. The molecule has 0 saturated heterocycles. The molecule has 0 bridgehead atoms. The van der Waals surface area contributed by atoms with Crippen molar-refractivity contribution in [2.24, 2.45) is 7.05 Å². The maximum absolute atomic E-state index is 12.4. The van der Waals surface area contributed by atoms with Crippen molar-refractivity contribution < 1.29 is 19.1 Å². The molecule has 0 aromatic carbocycles. The summed E-state index contributed by atoms with van der Waals surface area (Å²) in [6.07, 6.45) is 1.67. The lowest BCUT2D eigenvalue weighted by Gasteiger charge is -2.15. The molecule has 0 atom stereocenters. The highest BCUT2D eigenvalue weighted by atomic mass is 32.1. The molecule has 10 nitrogen and oxygen atoms in total. The second kappa shape index (κ2) is 8.43. The van der Waals surface area contributed by atoms with Gasteiger partial charge in [-0.3, -0.25) is 19.1 Å². The summed E-state index contributed by atoms with van der Waals surface area (Å²) < 4.78 is 6.52. The van der Waals surface area contributed by atoms with E-state index in [-0.39, 0.29) is 36.2 Å². The van der Waals surface area contributed by atoms with Crippen LogP contribution >= 0.6 is 11.3 Å². The smallest absolute Gasteiger partial charge is 0.261 e. The molecule has 2 N–H and O–H groups in total. The lowest BCUT2D eigenvalue weighted by atomic mass is 10.3. The molecule has 0 aliphatic heterocycles. The van der Waals surface area contributed by atoms with Crippen LogP contribution in [0, 0.1) is 0 Å². The Hall–Kier alpha value is -2.95. The summed E-state index contributed by atoms with van der Waals surface area (Å²) in [5, 5.41) is 11.2. The molecule has 2 heterocycles. The number of aryl methyl sites for hydroxylation is 1. The van der Waals surface area contributed by atoms with E-state index >= 15 is 0 Å². The average Bonchev–Trinajstić information content (AvgIpc) is 3.19. The molecule has 2 aromatic heterocycles. The van der Waals surface area contributed by atoms with Gasteiger partial charge in [0.15, 0.2) is 5.13 Å². The van der Waals surface area contributed by atoms with Crippen molar-refractivity contribution in [2.75, 3.05) is 33.1 Å². The second-order valence-electron chi connectivity index (χ2n) is 5.43. The number of methoxy groups -OCH3 is 1. The monoisotopic (exact) mass is 380 g/mol. The molecule has 0 aliphatic rings. The minimum Gasteiger partial charge on any atom is -0.479 e. The molecule has 2 aromatic rings. The van der Waals surface area contributed by atoms with Crippen LogP contribution in [0.5, 0.6) is 5.88 Å². The van der Waals surface area contributed by atoms with Gasteiger partial charge in [0.1, 0.15) is 5.56 Å². The first-order chi connectivity index (χ1) is 12.3. The largest absolute Gasteiger partial charge is 0.479 e. The van der Waals surface area contributed by atoms with Crippen molar-refractivity contribution in [2.45, 2.75) is 6.42 Å². The van der Waals surface area contributed by atoms with Crippen LogP contribution in [0.15, 0.2) is 11.6 Å². The van der Waals surface area contributed by atoms with E-state index < -0.39 is 5.91 Å². The van der Waals surface area contributed by atoms with E-state index in [2.05, 4.69) is 20.7 Å². The summed E-state index contributed by atoms with van der Waals surface area (Å²) in [5.41, 5.74) is 0.835. The first-order valence-corrected chi connectivity index (χ1v) is 8.50. The van der Waals surface area contributed by atoms with Gasteiger partial charge in [0, 0.05) is 32.7 Å². The summed E-state index contributed by atoms with van der Waals surface area (Å²) in [6.45, 7) is -0.165. The number of hydrogen-bond acceptors (Lipinski definition) is 7. The topological polar surface area (TPSA) is 118 Å². The van der Waals surface area contributed by atoms with E-state index in [0.717, 1.165) is 0 Å². The molecular weight excluding hydrogens is 360 g/mol. The fraction of sp³-hybridized carbons (Fsp3) is 0.400. The van der Waals surface area contributed by atoms with Crippen molar-refractivity contribution >= 4 is 34.2 Å². The van der Waals surface area contributed by atoms with Crippen LogP contribution in [0.4, 0.5) is 5.13 Å². The average molecular weight is 380 g/mol. The van der Waals surface area contributed by atoms with Crippen LogP contribution in [0.25, 0.3) is 0 Å². The number of aromatic nitrogens is 3. The zero-order valence-electron chi connectivity index (χ0n) is 14.9. The number of carbonyl (C=O) groups excluding carboxylic acids is 3. The molecule has 26 heavy (non-hydrogen) atoms. The van der Waals surface area contributed by atoms with Crippen molar-refractivity contribution in [1.82, 2.24) is 25.0 Å². The van der Waals surface area contributed by atoms with E-state index in [9.17, 15) is 14.4 Å². The Morgan fingerprint density at radius 2 is 2.08 bits per heavy atom. The number of amides is 3. The van der Waals surface area contributed by atoms with Crippen LogP contribution in [0.1, 0.15) is 16.1 Å². The number of carbonyl (C=O) groups is 3. The van der Waals surface area contributed by atoms with Gasteiger partial charge in [-0.05, 0) is 0 Å². The zero-order chi connectivity index (χ0) is 19.3. The van der Waals surface area contributed by atoms with Gasteiger partial charge in [0.25, 0.3) is 5.91 Å². The molecule has 140 valence electrons. The highest BCUT2D eigenvalue weighted by Crippen LogP contribution is 2.18. The van der Waals surface area contributed by atoms with Crippen molar-refractivity contribution in [1.29, 1.82) is 0 Å². The van der Waals surface area contributed by atoms with Gasteiger partial charge in [-0.15, -0.1) is 16.4 Å². The zero-order valence-corrected chi connectivity index (χ0v) is 15.7. The van der Waals surface area contributed by atoms with E-state index in [1.54, 1.807) is 19.5 Å². The normalized spacial score (nSPS) is 10.3. The molecule has 0 fully saturated rings. The first-order valence-electron chi connectivity index (χ1n) is 7.62. The summed E-state index contributed by atoms with van der Waals surface area (Å²) in [4.78, 5) is 41.3. The predicted octanol–water partition coefficient (Wildman–Crippen LogP) is -0.116. The fourth-order valence-electron chi connectivity index (χ4n) is 2.12. The van der Waals surface area contributed by atoms with E-state index in [1.165, 1.54) is 41.3 Å². The van der Waals surface area contributed by atoms with Gasteiger partial charge >= 0.3 is 0 Å².